The molecule has 5 rings (SSSR count). The first-order valence-corrected chi connectivity index (χ1v) is 11.1. The van der Waals surface area contributed by atoms with Crippen molar-refractivity contribution in [1.82, 2.24) is 14.7 Å². The molecular weight excluding hydrogens is 397 g/mol. The first-order valence-electron chi connectivity index (χ1n) is 11.1. The van der Waals surface area contributed by atoms with E-state index in [1.807, 2.05) is 11.0 Å². The van der Waals surface area contributed by atoms with Crippen LogP contribution in [-0.4, -0.2) is 72.7 Å². The molecule has 2 aromatic carbocycles. The van der Waals surface area contributed by atoms with Crippen molar-refractivity contribution in [3.05, 3.63) is 59.4 Å². The predicted molar refractivity (Wildman–Crippen MR) is 115 cm³/mol. The number of halogens is 1. The Labute approximate surface area is 182 Å². The lowest BCUT2D eigenvalue weighted by Gasteiger charge is -2.43. The van der Waals surface area contributed by atoms with Crippen molar-refractivity contribution in [2.45, 2.75) is 25.4 Å². The summed E-state index contributed by atoms with van der Waals surface area (Å²) in [5, 5.41) is 0. The number of ether oxygens (including phenoxy) is 2. The first kappa shape index (κ1) is 20.3. The molecule has 0 saturated carbocycles. The summed E-state index contributed by atoms with van der Waals surface area (Å²) in [5.74, 6) is 1.02. The molecule has 31 heavy (non-hydrogen) atoms. The van der Waals surface area contributed by atoms with Gasteiger partial charge in [-0.1, -0.05) is 18.2 Å². The van der Waals surface area contributed by atoms with E-state index in [1.165, 1.54) is 11.6 Å². The smallest absolute Gasteiger partial charge is 0.256 e. The molecule has 3 aliphatic rings. The zero-order chi connectivity index (χ0) is 21.2. The molecule has 0 bridgehead atoms. The minimum atomic E-state index is -0.438. The van der Waals surface area contributed by atoms with Gasteiger partial charge in [0.1, 0.15) is 5.82 Å². The molecule has 0 N–H and O–H groups in total. The van der Waals surface area contributed by atoms with Crippen LogP contribution in [0.3, 0.4) is 0 Å². The highest BCUT2D eigenvalue weighted by molar-refractivity contribution is 5.94. The summed E-state index contributed by atoms with van der Waals surface area (Å²) in [4.78, 5) is 19.6. The minimum absolute atomic E-state index is 0.177. The van der Waals surface area contributed by atoms with Crippen LogP contribution in [0.25, 0.3) is 0 Å². The van der Waals surface area contributed by atoms with Gasteiger partial charge in [-0.2, -0.15) is 0 Å². The van der Waals surface area contributed by atoms with E-state index in [-0.39, 0.29) is 11.5 Å². The number of piperazine rings is 1. The summed E-state index contributed by atoms with van der Waals surface area (Å²) in [6, 6.07) is 12.8. The van der Waals surface area contributed by atoms with Gasteiger partial charge in [0.05, 0.1) is 5.56 Å². The maximum Gasteiger partial charge on any atom is 0.256 e. The van der Waals surface area contributed by atoms with Crippen molar-refractivity contribution in [2.24, 2.45) is 0 Å². The molecule has 1 atom stereocenters. The molecule has 7 heteroatoms. The zero-order valence-electron chi connectivity index (χ0n) is 17.6. The van der Waals surface area contributed by atoms with Gasteiger partial charge in [0.15, 0.2) is 11.5 Å². The van der Waals surface area contributed by atoms with Crippen LogP contribution in [0, 0.1) is 5.82 Å². The molecule has 0 spiro atoms. The maximum absolute atomic E-state index is 14.1. The van der Waals surface area contributed by atoms with Gasteiger partial charge in [-0.3, -0.25) is 14.6 Å². The number of piperidine rings is 1. The van der Waals surface area contributed by atoms with Crippen molar-refractivity contribution in [2.75, 3.05) is 46.1 Å². The first-order chi connectivity index (χ1) is 15.2. The molecule has 3 heterocycles. The molecule has 2 fully saturated rings. The summed E-state index contributed by atoms with van der Waals surface area (Å²) in [6.07, 6.45) is 2.05. The fourth-order valence-electron chi connectivity index (χ4n) is 4.83. The van der Waals surface area contributed by atoms with Crippen molar-refractivity contribution in [1.29, 1.82) is 0 Å². The standard InChI is InChI=1S/C24H28FN3O3/c25-21-6-2-1-5-20(21)24(29)28-9-3-4-19(16-28)27-12-10-26(11-13-27)15-18-7-8-22-23(14-18)31-17-30-22/h1-2,5-8,14,19H,3-4,9-13,15-17H2/t19-/m0/s1. The quantitative estimate of drug-likeness (QED) is 0.754. The normalized spacial score (nSPS) is 22.0. The fourth-order valence-corrected chi connectivity index (χ4v) is 4.83. The average molecular weight is 426 g/mol. The van der Waals surface area contributed by atoms with Gasteiger partial charge >= 0.3 is 0 Å². The zero-order valence-corrected chi connectivity index (χ0v) is 17.6. The van der Waals surface area contributed by atoms with Gasteiger partial charge in [0, 0.05) is 51.9 Å². The maximum atomic E-state index is 14.1. The molecule has 2 aromatic rings. The molecule has 0 unspecified atom stereocenters. The van der Waals surface area contributed by atoms with Crippen molar-refractivity contribution in [3.63, 3.8) is 0 Å². The van der Waals surface area contributed by atoms with Gasteiger partial charge in [0.2, 0.25) is 6.79 Å². The van der Waals surface area contributed by atoms with E-state index in [1.54, 1.807) is 18.2 Å². The van der Waals surface area contributed by atoms with E-state index >= 15 is 0 Å². The van der Waals surface area contributed by atoms with Gasteiger partial charge in [-0.05, 0) is 42.7 Å². The Bertz CT molecular complexity index is 945. The molecular formula is C24H28FN3O3. The summed E-state index contributed by atoms with van der Waals surface area (Å²) in [7, 11) is 0. The lowest BCUT2D eigenvalue weighted by atomic mass is 10.0. The monoisotopic (exact) mass is 425 g/mol. The summed E-state index contributed by atoms with van der Waals surface area (Å²) >= 11 is 0. The Morgan fingerprint density at radius 2 is 1.81 bits per heavy atom. The van der Waals surface area contributed by atoms with Crippen LogP contribution >= 0.6 is 0 Å². The molecule has 0 aromatic heterocycles. The third kappa shape index (κ3) is 4.38. The molecule has 0 aliphatic carbocycles. The summed E-state index contributed by atoms with van der Waals surface area (Å²) in [5.41, 5.74) is 1.41. The molecule has 3 aliphatic heterocycles. The van der Waals surface area contributed by atoms with E-state index in [2.05, 4.69) is 21.9 Å². The number of fused-ring (bicyclic) bond motifs is 1. The molecule has 1 amide bonds. The number of hydrogen-bond acceptors (Lipinski definition) is 5. The number of carbonyl (C=O) groups excluding carboxylic acids is 1. The molecule has 2 saturated heterocycles. The van der Waals surface area contributed by atoms with Gasteiger partial charge in [0.25, 0.3) is 5.91 Å². The second-order valence-electron chi connectivity index (χ2n) is 8.53. The predicted octanol–water partition coefficient (Wildman–Crippen LogP) is 2.98. The van der Waals surface area contributed by atoms with E-state index in [4.69, 9.17) is 9.47 Å². The van der Waals surface area contributed by atoms with E-state index in [0.29, 0.717) is 25.9 Å². The van der Waals surface area contributed by atoms with E-state index in [9.17, 15) is 9.18 Å². The van der Waals surface area contributed by atoms with Crippen molar-refractivity contribution >= 4 is 5.91 Å². The number of carbonyl (C=O) groups is 1. The number of amides is 1. The second-order valence-corrected chi connectivity index (χ2v) is 8.53. The van der Waals surface area contributed by atoms with Crippen LogP contribution in [-0.2, 0) is 6.54 Å². The third-order valence-corrected chi connectivity index (χ3v) is 6.55. The van der Waals surface area contributed by atoms with E-state index < -0.39 is 5.82 Å². The Morgan fingerprint density at radius 3 is 2.65 bits per heavy atom. The largest absolute Gasteiger partial charge is 0.454 e. The second kappa shape index (κ2) is 8.85. The van der Waals surface area contributed by atoms with Crippen molar-refractivity contribution < 1.29 is 18.7 Å². The molecule has 6 nitrogen and oxygen atoms in total. The number of rotatable bonds is 4. The van der Waals surface area contributed by atoms with Crippen molar-refractivity contribution in [3.8, 4) is 11.5 Å². The Balaban J connectivity index is 1.15. The Morgan fingerprint density at radius 1 is 1.00 bits per heavy atom. The lowest BCUT2D eigenvalue weighted by molar-refractivity contribution is 0.0405. The third-order valence-electron chi connectivity index (χ3n) is 6.55. The topological polar surface area (TPSA) is 45.3 Å². The fraction of sp³-hybridized carbons (Fsp3) is 0.458. The number of benzene rings is 2. The van der Waals surface area contributed by atoms with Crippen LogP contribution in [0.15, 0.2) is 42.5 Å². The van der Waals surface area contributed by atoms with Crippen LogP contribution in [0.2, 0.25) is 0 Å². The number of hydrogen-bond donors (Lipinski definition) is 0. The average Bonchev–Trinajstić information content (AvgIpc) is 3.27. The Hall–Kier alpha value is -2.64. The van der Waals surface area contributed by atoms with E-state index in [0.717, 1.165) is 57.1 Å². The van der Waals surface area contributed by atoms with Gasteiger partial charge in [-0.25, -0.2) is 4.39 Å². The van der Waals surface area contributed by atoms with Crippen LogP contribution in [0.1, 0.15) is 28.8 Å². The van der Waals surface area contributed by atoms with Crippen LogP contribution < -0.4 is 9.47 Å². The van der Waals surface area contributed by atoms with Crippen LogP contribution in [0.4, 0.5) is 4.39 Å². The van der Waals surface area contributed by atoms with Gasteiger partial charge < -0.3 is 14.4 Å². The number of likely N-dealkylation sites (tertiary alicyclic amines) is 1. The van der Waals surface area contributed by atoms with Gasteiger partial charge in [-0.15, -0.1) is 0 Å². The molecule has 0 radical (unpaired) electrons. The minimum Gasteiger partial charge on any atom is -0.454 e. The number of nitrogens with zero attached hydrogens (tertiary/aromatic N) is 3. The summed E-state index contributed by atoms with van der Waals surface area (Å²) < 4.78 is 24.9. The molecule has 164 valence electrons. The highest BCUT2D eigenvalue weighted by Crippen LogP contribution is 2.33. The highest BCUT2D eigenvalue weighted by atomic mass is 19.1. The summed E-state index contributed by atoms with van der Waals surface area (Å²) in [6.45, 7) is 6.53. The lowest BCUT2D eigenvalue weighted by Crippen LogP contribution is -2.55. The Kier molecular flexibility index (Phi) is 5.78. The highest BCUT2D eigenvalue weighted by Gasteiger charge is 2.31. The van der Waals surface area contributed by atoms with Crippen LogP contribution in [0.5, 0.6) is 11.5 Å². The SMILES string of the molecule is O=C(c1ccccc1F)N1CCC[C@H](N2CCN(Cc3ccc4c(c3)OCO4)CC2)C1.